The summed E-state index contributed by atoms with van der Waals surface area (Å²) in [5.41, 5.74) is 4.01. The van der Waals surface area contributed by atoms with Gasteiger partial charge in [-0.05, 0) is 42.9 Å². The van der Waals surface area contributed by atoms with Gasteiger partial charge in [0.1, 0.15) is 5.69 Å². The molecule has 1 fully saturated rings. The van der Waals surface area contributed by atoms with Crippen LogP contribution in [0.5, 0.6) is 0 Å². The van der Waals surface area contributed by atoms with Crippen LogP contribution in [-0.2, 0) is 23.8 Å². The molecule has 0 atom stereocenters. The van der Waals surface area contributed by atoms with Crippen molar-refractivity contribution >= 4 is 27.5 Å². The predicted molar refractivity (Wildman–Crippen MR) is 114 cm³/mol. The van der Waals surface area contributed by atoms with Crippen LogP contribution < -0.4 is 4.90 Å². The molecule has 10 heteroatoms. The van der Waals surface area contributed by atoms with Crippen molar-refractivity contribution in [1.82, 2.24) is 25.4 Å². The maximum absolute atomic E-state index is 13.7. The lowest BCUT2D eigenvalue weighted by Gasteiger charge is -2.31. The standard InChI is InChI=1S/C22H21F3N6O/c23-22(24,25)21-15(11-27-30-21)19-13-4-2-1-3-12(13)18-14-10-26-29-16(14)9-17(20(18)28-19)31-5-7-32-8-6-31/h9-11H,1-8H2,(H,26,29)(H,27,30). The minimum absolute atomic E-state index is 0.0118. The number of anilines is 1. The van der Waals surface area contributed by atoms with Crippen LogP contribution in [0.25, 0.3) is 33.1 Å². The molecule has 6 rings (SSSR count). The lowest BCUT2D eigenvalue weighted by Crippen LogP contribution is -2.36. The van der Waals surface area contributed by atoms with Gasteiger partial charge in [0.05, 0.1) is 53.6 Å². The Balaban J connectivity index is 1.70. The Morgan fingerprint density at radius 3 is 2.50 bits per heavy atom. The van der Waals surface area contributed by atoms with E-state index in [9.17, 15) is 13.2 Å². The van der Waals surface area contributed by atoms with Gasteiger partial charge in [-0.3, -0.25) is 10.2 Å². The van der Waals surface area contributed by atoms with Gasteiger partial charge in [-0.1, -0.05) is 0 Å². The van der Waals surface area contributed by atoms with Gasteiger partial charge in [0.15, 0.2) is 0 Å². The van der Waals surface area contributed by atoms with E-state index in [2.05, 4.69) is 25.3 Å². The number of fused-ring (bicyclic) bond motifs is 5. The number of aryl methyl sites for hydroxylation is 1. The lowest BCUT2D eigenvalue weighted by molar-refractivity contribution is -0.140. The fourth-order valence-corrected chi connectivity index (χ4v) is 5.06. The first kappa shape index (κ1) is 19.5. The maximum Gasteiger partial charge on any atom is 0.433 e. The van der Waals surface area contributed by atoms with E-state index >= 15 is 0 Å². The summed E-state index contributed by atoms with van der Waals surface area (Å²) in [4.78, 5) is 7.12. The SMILES string of the molecule is FC(F)(F)c1[nH]ncc1-c1nc2c(N3CCOCC3)cc3[nH]ncc3c2c2c1CCCC2. The molecule has 166 valence electrons. The maximum atomic E-state index is 13.7. The Bertz CT molecular complexity index is 1320. The molecule has 0 spiro atoms. The highest BCUT2D eigenvalue weighted by atomic mass is 19.4. The van der Waals surface area contributed by atoms with Crippen LogP contribution in [-0.4, -0.2) is 51.7 Å². The summed E-state index contributed by atoms with van der Waals surface area (Å²) in [7, 11) is 0. The first-order valence-electron chi connectivity index (χ1n) is 10.8. The van der Waals surface area contributed by atoms with Crippen LogP contribution in [0.15, 0.2) is 18.5 Å². The molecule has 1 saturated heterocycles. The highest BCUT2D eigenvalue weighted by molar-refractivity contribution is 6.13. The van der Waals surface area contributed by atoms with E-state index in [4.69, 9.17) is 9.72 Å². The van der Waals surface area contributed by atoms with Crippen molar-refractivity contribution in [3.05, 3.63) is 35.3 Å². The van der Waals surface area contributed by atoms with Crippen LogP contribution in [0.4, 0.5) is 18.9 Å². The molecule has 2 N–H and O–H groups in total. The van der Waals surface area contributed by atoms with E-state index < -0.39 is 11.9 Å². The topological polar surface area (TPSA) is 82.7 Å². The fourth-order valence-electron chi connectivity index (χ4n) is 5.06. The molecule has 1 aliphatic carbocycles. The Hall–Kier alpha value is -3.14. The van der Waals surface area contributed by atoms with E-state index in [1.807, 2.05) is 6.07 Å². The lowest BCUT2D eigenvalue weighted by atomic mass is 9.85. The summed E-state index contributed by atoms with van der Waals surface area (Å²) in [6, 6.07) is 2.00. The summed E-state index contributed by atoms with van der Waals surface area (Å²) in [6.45, 7) is 2.59. The Morgan fingerprint density at radius 1 is 0.969 bits per heavy atom. The number of hydrogen-bond donors (Lipinski definition) is 2. The number of aromatic amines is 2. The Morgan fingerprint density at radius 2 is 1.72 bits per heavy atom. The quantitative estimate of drug-likeness (QED) is 0.485. The van der Waals surface area contributed by atoms with Crippen LogP contribution in [0.2, 0.25) is 0 Å². The van der Waals surface area contributed by atoms with Crippen molar-refractivity contribution in [3.8, 4) is 11.3 Å². The van der Waals surface area contributed by atoms with Gasteiger partial charge in [-0.15, -0.1) is 0 Å². The van der Waals surface area contributed by atoms with Gasteiger partial charge < -0.3 is 9.64 Å². The van der Waals surface area contributed by atoms with Crippen molar-refractivity contribution in [3.63, 3.8) is 0 Å². The zero-order chi connectivity index (χ0) is 21.9. The predicted octanol–water partition coefficient (Wildman–Crippen LogP) is 4.24. The van der Waals surface area contributed by atoms with Crippen LogP contribution in [0.3, 0.4) is 0 Å². The van der Waals surface area contributed by atoms with Gasteiger partial charge in [0.25, 0.3) is 0 Å². The molecule has 7 nitrogen and oxygen atoms in total. The fraction of sp³-hybridized carbons (Fsp3) is 0.409. The summed E-state index contributed by atoms with van der Waals surface area (Å²) in [5.74, 6) is 0. The second-order valence-electron chi connectivity index (χ2n) is 8.33. The van der Waals surface area contributed by atoms with Gasteiger partial charge in [0.2, 0.25) is 0 Å². The Labute approximate surface area is 181 Å². The van der Waals surface area contributed by atoms with E-state index in [-0.39, 0.29) is 5.56 Å². The third-order valence-corrected chi connectivity index (χ3v) is 6.51. The third kappa shape index (κ3) is 2.96. The number of ether oxygens (including phenoxy) is 1. The third-order valence-electron chi connectivity index (χ3n) is 6.51. The summed E-state index contributed by atoms with van der Waals surface area (Å²) in [6.07, 6.45) is 1.90. The van der Waals surface area contributed by atoms with Crippen molar-refractivity contribution in [2.45, 2.75) is 31.9 Å². The molecule has 1 aliphatic heterocycles. The normalized spacial score (nSPS) is 17.3. The molecule has 0 saturated carbocycles. The molecule has 4 heterocycles. The average Bonchev–Trinajstić information content (AvgIpc) is 3.48. The summed E-state index contributed by atoms with van der Waals surface area (Å²) >= 11 is 0. The Kier molecular flexibility index (Phi) is 4.39. The number of halogens is 3. The monoisotopic (exact) mass is 442 g/mol. The molecule has 1 aromatic carbocycles. The first-order chi connectivity index (χ1) is 15.5. The minimum atomic E-state index is -4.54. The van der Waals surface area contributed by atoms with Gasteiger partial charge in [0, 0.05) is 23.9 Å². The zero-order valence-electron chi connectivity index (χ0n) is 17.2. The highest BCUT2D eigenvalue weighted by Gasteiger charge is 2.37. The second-order valence-corrected chi connectivity index (χ2v) is 8.33. The number of alkyl halides is 3. The van der Waals surface area contributed by atoms with E-state index in [0.29, 0.717) is 43.9 Å². The van der Waals surface area contributed by atoms with E-state index in [1.165, 1.54) is 6.20 Å². The number of hydrogen-bond acceptors (Lipinski definition) is 5. The van der Waals surface area contributed by atoms with Crippen molar-refractivity contribution in [2.24, 2.45) is 0 Å². The number of morpholine rings is 1. The molecule has 0 bridgehead atoms. The molecule has 32 heavy (non-hydrogen) atoms. The molecule has 4 aromatic rings. The van der Waals surface area contributed by atoms with Crippen LogP contribution in [0, 0.1) is 0 Å². The number of aromatic nitrogens is 5. The molecule has 0 unspecified atom stereocenters. The molecular weight excluding hydrogens is 421 g/mol. The van der Waals surface area contributed by atoms with Crippen molar-refractivity contribution < 1.29 is 17.9 Å². The highest BCUT2D eigenvalue weighted by Crippen LogP contribution is 2.43. The van der Waals surface area contributed by atoms with E-state index in [1.54, 1.807) is 6.20 Å². The molecule has 2 aliphatic rings. The summed E-state index contributed by atoms with van der Waals surface area (Å²) < 4.78 is 46.7. The average molecular weight is 442 g/mol. The smallest absolute Gasteiger partial charge is 0.378 e. The molecular formula is C22H21F3N6O. The van der Waals surface area contributed by atoms with Crippen LogP contribution in [0.1, 0.15) is 29.7 Å². The number of rotatable bonds is 2. The summed E-state index contributed by atoms with van der Waals surface area (Å²) in [5, 5.41) is 15.1. The largest absolute Gasteiger partial charge is 0.433 e. The number of nitrogens with zero attached hydrogens (tertiary/aromatic N) is 4. The molecule has 3 aromatic heterocycles. The number of benzene rings is 1. The van der Waals surface area contributed by atoms with Gasteiger partial charge in [-0.25, -0.2) is 4.98 Å². The minimum Gasteiger partial charge on any atom is -0.378 e. The van der Waals surface area contributed by atoms with E-state index in [0.717, 1.165) is 52.4 Å². The first-order valence-corrected chi connectivity index (χ1v) is 10.8. The van der Waals surface area contributed by atoms with Gasteiger partial charge in [-0.2, -0.15) is 23.4 Å². The van der Waals surface area contributed by atoms with Crippen molar-refractivity contribution in [1.29, 1.82) is 0 Å². The van der Waals surface area contributed by atoms with Gasteiger partial charge >= 0.3 is 6.18 Å². The van der Waals surface area contributed by atoms with Crippen LogP contribution >= 0.6 is 0 Å². The molecule has 0 amide bonds. The van der Waals surface area contributed by atoms with Crippen molar-refractivity contribution in [2.75, 3.05) is 31.2 Å². The zero-order valence-corrected chi connectivity index (χ0v) is 17.2. The number of nitrogens with one attached hydrogen (secondary N) is 2. The molecule has 0 radical (unpaired) electrons. The second kappa shape index (κ2) is 7.19. The number of H-pyrrole nitrogens is 2. The number of pyridine rings is 1.